The van der Waals surface area contributed by atoms with Crippen LogP contribution in [0.15, 0.2) is 5.11 Å². The third-order valence-corrected chi connectivity index (χ3v) is 3.57. The van der Waals surface area contributed by atoms with Gasteiger partial charge in [-0.1, -0.05) is 12.0 Å². The lowest BCUT2D eigenvalue weighted by Crippen LogP contribution is -2.63. The number of ether oxygens (including phenoxy) is 1. The second-order valence-electron chi connectivity index (χ2n) is 4.78. The van der Waals surface area contributed by atoms with E-state index in [2.05, 4.69) is 20.7 Å². The van der Waals surface area contributed by atoms with Gasteiger partial charge in [0.05, 0.1) is 6.61 Å². The minimum atomic E-state index is -0.613. The normalized spacial score (nSPS) is 26.5. The van der Waals surface area contributed by atoms with Gasteiger partial charge < -0.3 is 15.4 Å². The van der Waals surface area contributed by atoms with Gasteiger partial charge in [0.25, 0.3) is 0 Å². The molecule has 0 amide bonds. The fraction of sp³-hybridized carbons (Fsp3) is 0.917. The van der Waals surface area contributed by atoms with Gasteiger partial charge in [0.1, 0.15) is 5.54 Å². The largest absolute Gasteiger partial charge is 0.465 e. The van der Waals surface area contributed by atoms with E-state index in [0.717, 1.165) is 13.1 Å². The van der Waals surface area contributed by atoms with E-state index >= 15 is 0 Å². The van der Waals surface area contributed by atoms with E-state index in [1.807, 2.05) is 13.8 Å². The zero-order valence-electron chi connectivity index (χ0n) is 11.7. The topological polar surface area (TPSA) is 99.1 Å². The van der Waals surface area contributed by atoms with Gasteiger partial charge in [0, 0.05) is 18.0 Å². The zero-order chi connectivity index (χ0) is 14.1. The lowest BCUT2D eigenvalue weighted by molar-refractivity contribution is -0.155. The van der Waals surface area contributed by atoms with Gasteiger partial charge in [0.2, 0.25) is 0 Å². The summed E-state index contributed by atoms with van der Waals surface area (Å²) in [5.41, 5.74) is 7.61. The number of hydrogen-bond donors (Lipinski definition) is 2. The molecule has 0 spiro atoms. The van der Waals surface area contributed by atoms with E-state index in [1.54, 1.807) is 0 Å². The Morgan fingerprint density at radius 3 is 3.11 bits per heavy atom. The van der Waals surface area contributed by atoms with Crippen molar-refractivity contribution in [2.45, 2.75) is 32.2 Å². The molecule has 0 radical (unpaired) electrons. The van der Waals surface area contributed by atoms with Crippen LogP contribution in [0.3, 0.4) is 0 Å². The molecule has 1 saturated heterocycles. The number of carbonyl (C=O) groups excluding carboxylic acids is 1. The van der Waals surface area contributed by atoms with E-state index in [9.17, 15) is 4.79 Å². The highest BCUT2D eigenvalue weighted by molar-refractivity contribution is 5.81. The van der Waals surface area contributed by atoms with Gasteiger partial charge in [0.15, 0.2) is 0 Å². The van der Waals surface area contributed by atoms with Crippen LogP contribution in [-0.4, -0.2) is 44.3 Å². The van der Waals surface area contributed by atoms with E-state index in [-0.39, 0.29) is 11.9 Å². The summed E-state index contributed by atoms with van der Waals surface area (Å²) in [5.74, 6) is -0.00690. The number of hydrogen-bond acceptors (Lipinski definition) is 5. The third kappa shape index (κ3) is 4.09. The lowest BCUT2D eigenvalue weighted by Gasteiger charge is -2.41. The first kappa shape index (κ1) is 15.8. The van der Waals surface area contributed by atoms with Crippen LogP contribution in [-0.2, 0) is 9.53 Å². The van der Waals surface area contributed by atoms with Crippen LogP contribution in [0, 0.1) is 5.92 Å². The molecular formula is C12H23N5O2. The first-order valence-corrected chi connectivity index (χ1v) is 6.81. The molecule has 7 heteroatoms. The summed E-state index contributed by atoms with van der Waals surface area (Å²) in [6, 6.07) is 0. The van der Waals surface area contributed by atoms with Crippen LogP contribution in [0.25, 0.3) is 10.4 Å². The van der Waals surface area contributed by atoms with Crippen LogP contribution >= 0.6 is 0 Å². The quantitative estimate of drug-likeness (QED) is 0.238. The molecule has 2 unspecified atom stereocenters. The summed E-state index contributed by atoms with van der Waals surface area (Å²) < 4.78 is 5.22. The maximum Gasteiger partial charge on any atom is 0.326 e. The van der Waals surface area contributed by atoms with Gasteiger partial charge in [-0.25, -0.2) is 0 Å². The molecule has 2 atom stereocenters. The monoisotopic (exact) mass is 269 g/mol. The zero-order valence-corrected chi connectivity index (χ0v) is 11.7. The Labute approximate surface area is 113 Å². The van der Waals surface area contributed by atoms with Crippen molar-refractivity contribution in [1.29, 1.82) is 0 Å². The average molecular weight is 269 g/mol. The predicted molar refractivity (Wildman–Crippen MR) is 72.6 cm³/mol. The number of esters is 1. The molecule has 2 N–H and O–H groups in total. The Balaban J connectivity index is 2.63. The Morgan fingerprint density at radius 2 is 2.47 bits per heavy atom. The maximum atomic E-state index is 12.3. The first-order valence-electron chi connectivity index (χ1n) is 6.81. The summed E-state index contributed by atoms with van der Waals surface area (Å²) in [7, 11) is 0. The highest BCUT2D eigenvalue weighted by atomic mass is 16.5. The Kier molecular flexibility index (Phi) is 6.62. The van der Waals surface area contributed by atoms with Crippen LogP contribution < -0.4 is 10.6 Å². The van der Waals surface area contributed by atoms with Crippen molar-refractivity contribution in [3.8, 4) is 0 Å². The second-order valence-corrected chi connectivity index (χ2v) is 4.78. The minimum Gasteiger partial charge on any atom is -0.465 e. The van der Waals surface area contributed by atoms with Crippen molar-refractivity contribution < 1.29 is 9.53 Å². The van der Waals surface area contributed by atoms with E-state index < -0.39 is 5.54 Å². The molecule has 0 aromatic heterocycles. The highest BCUT2D eigenvalue weighted by Gasteiger charge is 2.45. The molecule has 0 aromatic rings. The molecule has 1 aliphatic rings. The van der Waals surface area contributed by atoms with Crippen molar-refractivity contribution in [2.75, 3.05) is 32.8 Å². The molecule has 108 valence electrons. The highest BCUT2D eigenvalue weighted by Crippen LogP contribution is 2.26. The second kappa shape index (κ2) is 7.99. The lowest BCUT2D eigenvalue weighted by atomic mass is 9.79. The predicted octanol–water partition coefficient (Wildman–Crippen LogP) is 1.21. The molecule has 1 aliphatic heterocycles. The van der Waals surface area contributed by atoms with Gasteiger partial charge in [-0.3, -0.25) is 4.79 Å². The summed E-state index contributed by atoms with van der Waals surface area (Å²) >= 11 is 0. The minimum absolute atomic E-state index is 0.166. The summed E-state index contributed by atoms with van der Waals surface area (Å²) in [4.78, 5) is 15.0. The fourth-order valence-corrected chi connectivity index (χ4v) is 2.43. The summed E-state index contributed by atoms with van der Waals surface area (Å²) in [6.45, 7) is 6.93. The number of azide groups is 1. The third-order valence-electron chi connectivity index (χ3n) is 3.57. The SMILES string of the molecule is CCOC(=O)C1(NCCCN=[N+]=[N-])CCNCC1C. The number of piperidine rings is 1. The molecule has 19 heavy (non-hydrogen) atoms. The van der Waals surface area contributed by atoms with Crippen molar-refractivity contribution in [2.24, 2.45) is 11.0 Å². The van der Waals surface area contributed by atoms with Crippen LogP contribution in [0.4, 0.5) is 0 Å². The average Bonchev–Trinajstić information content (AvgIpc) is 2.41. The van der Waals surface area contributed by atoms with Crippen molar-refractivity contribution in [1.82, 2.24) is 10.6 Å². The summed E-state index contributed by atoms with van der Waals surface area (Å²) in [5, 5.41) is 10.1. The van der Waals surface area contributed by atoms with E-state index in [0.29, 0.717) is 32.5 Å². The fourth-order valence-electron chi connectivity index (χ4n) is 2.43. The summed E-state index contributed by atoms with van der Waals surface area (Å²) in [6.07, 6.45) is 1.43. The Bertz CT molecular complexity index is 343. The number of carbonyl (C=O) groups is 1. The Hall–Kier alpha value is -1.30. The van der Waals surface area contributed by atoms with Gasteiger partial charge in [-0.2, -0.15) is 0 Å². The molecule has 0 bridgehead atoms. The molecule has 1 rings (SSSR count). The van der Waals surface area contributed by atoms with Crippen LogP contribution in [0.2, 0.25) is 0 Å². The molecular weight excluding hydrogens is 246 g/mol. The van der Waals surface area contributed by atoms with Crippen molar-refractivity contribution >= 4 is 5.97 Å². The number of rotatable bonds is 7. The van der Waals surface area contributed by atoms with Gasteiger partial charge in [-0.05, 0) is 44.3 Å². The first-order chi connectivity index (χ1) is 9.17. The van der Waals surface area contributed by atoms with Gasteiger partial charge >= 0.3 is 5.97 Å². The smallest absolute Gasteiger partial charge is 0.326 e. The van der Waals surface area contributed by atoms with Gasteiger partial charge in [-0.15, -0.1) is 0 Å². The molecule has 0 saturated carbocycles. The van der Waals surface area contributed by atoms with E-state index in [4.69, 9.17) is 10.3 Å². The Morgan fingerprint density at radius 1 is 1.68 bits per heavy atom. The molecule has 1 fully saturated rings. The van der Waals surface area contributed by atoms with Crippen molar-refractivity contribution in [3.63, 3.8) is 0 Å². The molecule has 0 aliphatic carbocycles. The molecule has 7 nitrogen and oxygen atoms in total. The van der Waals surface area contributed by atoms with Crippen molar-refractivity contribution in [3.05, 3.63) is 10.4 Å². The standard InChI is InChI=1S/C12H23N5O2/c1-3-19-11(18)12(5-8-14-9-10(12)2)15-6-4-7-16-17-13/h10,14-15H,3-9H2,1-2H3. The molecule has 1 heterocycles. The van der Waals surface area contributed by atoms with Crippen LogP contribution in [0.5, 0.6) is 0 Å². The van der Waals surface area contributed by atoms with E-state index in [1.165, 1.54) is 0 Å². The molecule has 0 aromatic carbocycles. The maximum absolute atomic E-state index is 12.3. The van der Waals surface area contributed by atoms with Crippen LogP contribution in [0.1, 0.15) is 26.7 Å². The number of nitrogens with zero attached hydrogens (tertiary/aromatic N) is 3. The number of nitrogens with one attached hydrogen (secondary N) is 2.